The molecule has 7 nitrogen and oxygen atoms in total. The van der Waals surface area contributed by atoms with Crippen molar-refractivity contribution in [1.82, 2.24) is 9.29 Å². The van der Waals surface area contributed by atoms with Crippen molar-refractivity contribution in [2.75, 3.05) is 26.0 Å². The molecule has 1 heterocycles. The summed E-state index contributed by atoms with van der Waals surface area (Å²) in [7, 11) is -0.518. The summed E-state index contributed by atoms with van der Waals surface area (Å²) in [4.78, 5) is 16.6. The molecule has 10 heteroatoms. The maximum absolute atomic E-state index is 12.1. The summed E-state index contributed by atoms with van der Waals surface area (Å²) in [6.45, 7) is -0.159. The molecule has 29 heavy (non-hydrogen) atoms. The molecule has 1 aromatic heterocycles. The number of anilines is 1. The molecule has 0 atom stereocenters. The minimum absolute atomic E-state index is 0.159. The van der Waals surface area contributed by atoms with Gasteiger partial charge in [-0.25, -0.2) is 17.7 Å². The van der Waals surface area contributed by atoms with Crippen molar-refractivity contribution >= 4 is 44.0 Å². The summed E-state index contributed by atoms with van der Waals surface area (Å²) in [6, 6.07) is 13.1. The van der Waals surface area contributed by atoms with Gasteiger partial charge < -0.3 is 4.74 Å². The minimum Gasteiger partial charge on any atom is -0.484 e. The third-order valence-corrected chi connectivity index (χ3v) is 6.70. The second-order valence-corrected chi connectivity index (χ2v) is 9.59. The van der Waals surface area contributed by atoms with Crippen LogP contribution in [0.5, 0.6) is 5.75 Å². The number of aromatic nitrogens is 1. The fraction of sp³-hybridized carbons (Fsp3) is 0.158. The lowest BCUT2D eigenvalue weighted by molar-refractivity contribution is -0.118. The molecule has 1 N–H and O–H groups in total. The predicted octanol–water partition coefficient (Wildman–Crippen LogP) is 3.73. The Hall–Kier alpha value is -2.46. The molecular formula is C19H18ClN3O4S2. The number of amides is 1. The Morgan fingerprint density at radius 2 is 1.79 bits per heavy atom. The fourth-order valence-electron chi connectivity index (χ4n) is 2.31. The van der Waals surface area contributed by atoms with Crippen LogP contribution in [0.3, 0.4) is 0 Å². The molecule has 2 aromatic carbocycles. The highest BCUT2D eigenvalue weighted by Gasteiger charge is 2.17. The van der Waals surface area contributed by atoms with Crippen LogP contribution in [0.15, 0.2) is 58.8 Å². The lowest BCUT2D eigenvalue weighted by Gasteiger charge is -2.11. The van der Waals surface area contributed by atoms with E-state index in [1.165, 1.54) is 37.6 Å². The zero-order chi connectivity index (χ0) is 21.0. The van der Waals surface area contributed by atoms with E-state index in [4.69, 9.17) is 16.3 Å². The zero-order valence-corrected chi connectivity index (χ0v) is 18.0. The molecule has 0 bridgehead atoms. The number of halogens is 1. The van der Waals surface area contributed by atoms with Gasteiger partial charge in [-0.05, 0) is 36.4 Å². The van der Waals surface area contributed by atoms with E-state index in [9.17, 15) is 13.2 Å². The fourth-order valence-corrected chi connectivity index (χ4v) is 4.07. The van der Waals surface area contributed by atoms with Gasteiger partial charge >= 0.3 is 0 Å². The number of sulfonamides is 1. The van der Waals surface area contributed by atoms with Crippen molar-refractivity contribution in [3.63, 3.8) is 0 Å². The van der Waals surface area contributed by atoms with E-state index in [0.29, 0.717) is 21.6 Å². The van der Waals surface area contributed by atoms with Gasteiger partial charge in [0.1, 0.15) is 5.75 Å². The van der Waals surface area contributed by atoms with Crippen molar-refractivity contribution in [2.45, 2.75) is 4.90 Å². The quantitative estimate of drug-likeness (QED) is 0.591. The molecule has 0 radical (unpaired) electrons. The normalized spacial score (nSPS) is 11.4. The van der Waals surface area contributed by atoms with Gasteiger partial charge in [0, 0.05) is 30.1 Å². The molecule has 0 fully saturated rings. The highest BCUT2D eigenvalue weighted by Crippen LogP contribution is 2.26. The number of rotatable bonds is 7. The third-order valence-electron chi connectivity index (χ3n) is 3.86. The summed E-state index contributed by atoms with van der Waals surface area (Å²) in [5, 5.41) is 5.48. The van der Waals surface area contributed by atoms with Crippen LogP contribution in [-0.2, 0) is 14.8 Å². The Morgan fingerprint density at radius 1 is 1.14 bits per heavy atom. The van der Waals surface area contributed by atoms with E-state index in [1.807, 2.05) is 0 Å². The molecule has 0 saturated carbocycles. The Bertz CT molecular complexity index is 1100. The average Bonchev–Trinajstić information content (AvgIpc) is 3.16. The van der Waals surface area contributed by atoms with Crippen LogP contribution < -0.4 is 10.1 Å². The van der Waals surface area contributed by atoms with E-state index in [-0.39, 0.29) is 17.4 Å². The van der Waals surface area contributed by atoms with Gasteiger partial charge in [-0.3, -0.25) is 10.1 Å². The van der Waals surface area contributed by atoms with E-state index >= 15 is 0 Å². The van der Waals surface area contributed by atoms with Crippen LogP contribution in [0.2, 0.25) is 5.02 Å². The number of hydrogen-bond acceptors (Lipinski definition) is 6. The summed E-state index contributed by atoms with van der Waals surface area (Å²) in [6.07, 6.45) is 0. The highest BCUT2D eigenvalue weighted by atomic mass is 35.5. The topological polar surface area (TPSA) is 88.6 Å². The average molecular weight is 452 g/mol. The molecule has 3 rings (SSSR count). The van der Waals surface area contributed by atoms with Crippen molar-refractivity contribution in [2.24, 2.45) is 0 Å². The SMILES string of the molecule is CN(C)S(=O)(=O)c1ccc(-c2csc(NC(=O)COc3ccc(Cl)cc3)n2)cc1. The van der Waals surface area contributed by atoms with Crippen LogP contribution in [-0.4, -0.2) is 44.3 Å². The first-order valence-electron chi connectivity index (χ1n) is 8.42. The highest BCUT2D eigenvalue weighted by molar-refractivity contribution is 7.89. The van der Waals surface area contributed by atoms with Gasteiger partial charge in [0.25, 0.3) is 5.91 Å². The van der Waals surface area contributed by atoms with Gasteiger partial charge in [-0.1, -0.05) is 23.7 Å². The van der Waals surface area contributed by atoms with E-state index < -0.39 is 10.0 Å². The molecule has 0 unspecified atom stereocenters. The first-order valence-corrected chi connectivity index (χ1v) is 11.1. The summed E-state index contributed by atoms with van der Waals surface area (Å²) in [5.41, 5.74) is 1.38. The first-order chi connectivity index (χ1) is 13.8. The molecule has 0 aliphatic carbocycles. The molecule has 0 spiro atoms. The number of benzene rings is 2. The standard InChI is InChI=1S/C19H18ClN3O4S2/c1-23(2)29(25,26)16-9-3-13(4-10-16)17-12-28-19(21-17)22-18(24)11-27-15-7-5-14(20)6-8-15/h3-10,12H,11H2,1-2H3,(H,21,22,24). The minimum atomic E-state index is -3.48. The van der Waals surface area contributed by atoms with Gasteiger partial charge in [0.15, 0.2) is 11.7 Å². The molecule has 152 valence electrons. The Labute approximate surface area is 178 Å². The number of ether oxygens (including phenoxy) is 1. The van der Waals surface area contributed by atoms with E-state index in [0.717, 1.165) is 9.87 Å². The van der Waals surface area contributed by atoms with Crippen LogP contribution in [0.1, 0.15) is 0 Å². The largest absolute Gasteiger partial charge is 0.484 e. The van der Waals surface area contributed by atoms with E-state index in [2.05, 4.69) is 10.3 Å². The monoisotopic (exact) mass is 451 g/mol. The smallest absolute Gasteiger partial charge is 0.264 e. The Kier molecular flexibility index (Phi) is 6.53. The van der Waals surface area contributed by atoms with Gasteiger partial charge in [-0.2, -0.15) is 0 Å². The van der Waals surface area contributed by atoms with Crippen molar-refractivity contribution in [3.05, 3.63) is 58.9 Å². The summed E-state index contributed by atoms with van der Waals surface area (Å²) >= 11 is 7.07. The number of hydrogen-bond donors (Lipinski definition) is 1. The first kappa shape index (κ1) is 21.3. The molecule has 0 aliphatic rings. The molecule has 0 aliphatic heterocycles. The molecular weight excluding hydrogens is 434 g/mol. The Morgan fingerprint density at radius 3 is 2.41 bits per heavy atom. The van der Waals surface area contributed by atoms with Crippen molar-refractivity contribution in [1.29, 1.82) is 0 Å². The van der Waals surface area contributed by atoms with Crippen LogP contribution in [0.25, 0.3) is 11.3 Å². The molecule has 0 saturated heterocycles. The third kappa shape index (κ3) is 5.33. The number of carbonyl (C=O) groups excluding carboxylic acids is 1. The van der Waals surface area contributed by atoms with E-state index in [1.54, 1.807) is 41.8 Å². The van der Waals surface area contributed by atoms with Gasteiger partial charge in [0.2, 0.25) is 10.0 Å². The molecule has 1 amide bonds. The van der Waals surface area contributed by atoms with Crippen LogP contribution in [0.4, 0.5) is 5.13 Å². The second kappa shape index (κ2) is 8.91. The van der Waals surface area contributed by atoms with Crippen LogP contribution in [0, 0.1) is 0 Å². The number of nitrogens with zero attached hydrogens (tertiary/aromatic N) is 2. The maximum Gasteiger partial charge on any atom is 0.264 e. The summed E-state index contributed by atoms with van der Waals surface area (Å²) in [5.74, 6) is 0.199. The maximum atomic E-state index is 12.1. The van der Waals surface area contributed by atoms with Crippen LogP contribution >= 0.6 is 22.9 Å². The lowest BCUT2D eigenvalue weighted by Crippen LogP contribution is -2.22. The second-order valence-electron chi connectivity index (χ2n) is 6.14. The summed E-state index contributed by atoms with van der Waals surface area (Å²) < 4.78 is 30.8. The number of thiazole rings is 1. The Balaban J connectivity index is 1.61. The predicted molar refractivity (Wildman–Crippen MR) is 114 cm³/mol. The van der Waals surface area contributed by atoms with Crippen molar-refractivity contribution in [3.8, 4) is 17.0 Å². The van der Waals surface area contributed by atoms with Gasteiger partial charge in [-0.15, -0.1) is 11.3 Å². The van der Waals surface area contributed by atoms with Gasteiger partial charge in [0.05, 0.1) is 10.6 Å². The zero-order valence-electron chi connectivity index (χ0n) is 15.6. The molecule has 3 aromatic rings. The van der Waals surface area contributed by atoms with Crippen molar-refractivity contribution < 1.29 is 17.9 Å². The number of carbonyl (C=O) groups is 1. The lowest BCUT2D eigenvalue weighted by atomic mass is 10.2. The number of nitrogens with one attached hydrogen (secondary N) is 1.